The zero-order valence-corrected chi connectivity index (χ0v) is 10.5. The molecule has 0 aromatic rings. The van der Waals surface area contributed by atoms with Gasteiger partial charge >= 0.3 is 0 Å². The largest absolute Gasteiger partial charge is 0.354 e. The van der Waals surface area contributed by atoms with E-state index >= 15 is 0 Å². The minimum Gasteiger partial charge on any atom is -0.354 e. The van der Waals surface area contributed by atoms with E-state index in [2.05, 4.69) is 24.5 Å². The van der Waals surface area contributed by atoms with Crippen molar-refractivity contribution in [3.63, 3.8) is 0 Å². The van der Waals surface area contributed by atoms with E-state index in [1.807, 2.05) is 0 Å². The molecule has 1 heterocycles. The van der Waals surface area contributed by atoms with Crippen molar-refractivity contribution in [2.24, 2.45) is 11.3 Å². The van der Waals surface area contributed by atoms with Crippen molar-refractivity contribution in [3.05, 3.63) is 0 Å². The number of carbonyl (C=O) groups is 1. The second kappa shape index (κ2) is 4.74. The molecule has 3 heteroatoms. The number of carbonyl (C=O) groups excluding carboxylic acids is 1. The van der Waals surface area contributed by atoms with E-state index in [0.717, 1.165) is 19.5 Å². The highest BCUT2D eigenvalue weighted by molar-refractivity contribution is 5.82. The fourth-order valence-electron chi connectivity index (χ4n) is 2.90. The summed E-state index contributed by atoms with van der Waals surface area (Å²) in [6.07, 6.45) is 6.23. The first-order valence-electron chi connectivity index (χ1n) is 6.68. The van der Waals surface area contributed by atoms with Gasteiger partial charge in [0.2, 0.25) is 5.91 Å². The maximum atomic E-state index is 12.0. The fraction of sp³-hybridized carbons (Fsp3) is 0.923. The molecule has 0 bridgehead atoms. The summed E-state index contributed by atoms with van der Waals surface area (Å²) in [7, 11) is 0. The van der Waals surface area contributed by atoms with Gasteiger partial charge in [0.15, 0.2) is 0 Å². The summed E-state index contributed by atoms with van der Waals surface area (Å²) < 4.78 is 0. The maximum Gasteiger partial charge on any atom is 0.237 e. The van der Waals surface area contributed by atoms with Gasteiger partial charge in [0, 0.05) is 6.54 Å². The second-order valence-electron chi connectivity index (χ2n) is 5.62. The normalized spacial score (nSPS) is 32.1. The molecule has 2 unspecified atom stereocenters. The third kappa shape index (κ3) is 2.24. The molecular weight excluding hydrogens is 200 g/mol. The van der Waals surface area contributed by atoms with Gasteiger partial charge in [-0.05, 0) is 43.6 Å². The van der Waals surface area contributed by atoms with Crippen molar-refractivity contribution >= 4 is 5.91 Å². The molecule has 2 aliphatic rings. The summed E-state index contributed by atoms with van der Waals surface area (Å²) in [5.41, 5.74) is 0.428. The quantitative estimate of drug-likeness (QED) is 0.763. The topological polar surface area (TPSA) is 41.1 Å². The van der Waals surface area contributed by atoms with Crippen molar-refractivity contribution < 1.29 is 4.79 Å². The molecule has 16 heavy (non-hydrogen) atoms. The predicted octanol–water partition coefficient (Wildman–Crippen LogP) is 1.68. The van der Waals surface area contributed by atoms with Gasteiger partial charge in [0.25, 0.3) is 0 Å². The lowest BCUT2D eigenvalue weighted by Gasteiger charge is -2.41. The Morgan fingerprint density at radius 2 is 2.25 bits per heavy atom. The van der Waals surface area contributed by atoms with E-state index < -0.39 is 0 Å². The van der Waals surface area contributed by atoms with Crippen molar-refractivity contribution in [1.82, 2.24) is 10.6 Å². The van der Waals surface area contributed by atoms with Gasteiger partial charge in [0.1, 0.15) is 0 Å². The first-order valence-corrected chi connectivity index (χ1v) is 6.68. The van der Waals surface area contributed by atoms with Crippen molar-refractivity contribution in [3.8, 4) is 0 Å². The van der Waals surface area contributed by atoms with Crippen LogP contribution in [0.25, 0.3) is 0 Å². The molecule has 1 saturated carbocycles. The Morgan fingerprint density at radius 1 is 1.50 bits per heavy atom. The van der Waals surface area contributed by atoms with E-state index in [9.17, 15) is 4.79 Å². The molecular formula is C13H24N2O. The third-order valence-electron chi connectivity index (χ3n) is 4.62. The molecule has 92 valence electrons. The van der Waals surface area contributed by atoms with Crippen molar-refractivity contribution in [2.75, 3.05) is 13.1 Å². The third-order valence-corrected chi connectivity index (χ3v) is 4.62. The molecule has 2 N–H and O–H groups in total. The molecule has 1 aliphatic heterocycles. The first kappa shape index (κ1) is 11.9. The van der Waals surface area contributed by atoms with Crippen molar-refractivity contribution in [2.45, 2.75) is 52.0 Å². The minimum absolute atomic E-state index is 0.0500. The van der Waals surface area contributed by atoms with Crippen LogP contribution in [0.15, 0.2) is 0 Å². The van der Waals surface area contributed by atoms with Gasteiger partial charge in [0.05, 0.1) is 6.04 Å². The average Bonchev–Trinajstić information content (AvgIpc) is 2.63. The van der Waals surface area contributed by atoms with E-state index in [1.165, 1.54) is 25.7 Å². The summed E-state index contributed by atoms with van der Waals surface area (Å²) in [5.74, 6) is 0.698. The Bertz CT molecular complexity index is 255. The average molecular weight is 224 g/mol. The van der Waals surface area contributed by atoms with E-state index in [4.69, 9.17) is 0 Å². The van der Waals surface area contributed by atoms with E-state index in [0.29, 0.717) is 11.3 Å². The highest BCUT2D eigenvalue weighted by Crippen LogP contribution is 2.43. The number of hydrogen-bond donors (Lipinski definition) is 2. The summed E-state index contributed by atoms with van der Waals surface area (Å²) >= 11 is 0. The molecule has 0 radical (unpaired) electrons. The molecule has 1 aliphatic carbocycles. The SMILES string of the molecule is CCC1(CNC(=O)C2NCCC2C)CCC1. The summed E-state index contributed by atoms with van der Waals surface area (Å²) in [5, 5.41) is 6.43. The lowest BCUT2D eigenvalue weighted by Crippen LogP contribution is -2.48. The highest BCUT2D eigenvalue weighted by Gasteiger charge is 2.36. The molecule has 2 fully saturated rings. The van der Waals surface area contributed by atoms with E-state index in [1.54, 1.807) is 0 Å². The van der Waals surface area contributed by atoms with Crippen molar-refractivity contribution in [1.29, 1.82) is 0 Å². The van der Waals surface area contributed by atoms with E-state index in [-0.39, 0.29) is 11.9 Å². The molecule has 0 spiro atoms. The van der Waals surface area contributed by atoms with Crippen LogP contribution in [0.4, 0.5) is 0 Å². The monoisotopic (exact) mass is 224 g/mol. The minimum atomic E-state index is 0.0500. The molecule has 0 aromatic carbocycles. The van der Waals surface area contributed by atoms with Crippen LogP contribution in [-0.4, -0.2) is 25.0 Å². The molecule has 0 aromatic heterocycles. The lowest BCUT2D eigenvalue weighted by molar-refractivity contribution is -0.124. The number of hydrogen-bond acceptors (Lipinski definition) is 2. The Hall–Kier alpha value is -0.570. The van der Waals surface area contributed by atoms with Gasteiger partial charge in [-0.2, -0.15) is 0 Å². The maximum absolute atomic E-state index is 12.0. The van der Waals surface area contributed by atoms with Crippen LogP contribution in [0.2, 0.25) is 0 Å². The Morgan fingerprint density at radius 3 is 2.69 bits per heavy atom. The van der Waals surface area contributed by atoms with Crippen LogP contribution in [0, 0.1) is 11.3 Å². The molecule has 3 nitrogen and oxygen atoms in total. The van der Waals surface area contributed by atoms with Crippen LogP contribution < -0.4 is 10.6 Å². The van der Waals surface area contributed by atoms with Crippen LogP contribution in [0.3, 0.4) is 0 Å². The molecule has 2 rings (SSSR count). The zero-order chi connectivity index (χ0) is 11.6. The standard InChI is InChI=1S/C13H24N2O/c1-3-13(6-4-7-13)9-15-12(16)11-10(2)5-8-14-11/h10-11,14H,3-9H2,1-2H3,(H,15,16). The Kier molecular flexibility index (Phi) is 3.53. The number of nitrogens with one attached hydrogen (secondary N) is 2. The summed E-state index contributed by atoms with van der Waals surface area (Å²) in [6.45, 7) is 6.26. The number of rotatable bonds is 4. The first-order chi connectivity index (χ1) is 7.67. The van der Waals surface area contributed by atoms with Gasteiger partial charge in [-0.15, -0.1) is 0 Å². The van der Waals surface area contributed by atoms with Crippen LogP contribution in [-0.2, 0) is 4.79 Å². The Balaban J connectivity index is 1.79. The van der Waals surface area contributed by atoms with Gasteiger partial charge in [-0.1, -0.05) is 20.3 Å². The fourth-order valence-corrected chi connectivity index (χ4v) is 2.90. The van der Waals surface area contributed by atoms with Crippen LogP contribution >= 0.6 is 0 Å². The summed E-state index contributed by atoms with van der Waals surface area (Å²) in [6, 6.07) is 0.0500. The molecule has 2 atom stereocenters. The zero-order valence-electron chi connectivity index (χ0n) is 10.5. The second-order valence-corrected chi connectivity index (χ2v) is 5.62. The Labute approximate surface area is 98.4 Å². The van der Waals surface area contributed by atoms with Crippen LogP contribution in [0.1, 0.15) is 46.0 Å². The van der Waals surface area contributed by atoms with Gasteiger partial charge in [-0.3, -0.25) is 4.79 Å². The smallest absolute Gasteiger partial charge is 0.237 e. The van der Waals surface area contributed by atoms with Gasteiger partial charge in [-0.25, -0.2) is 0 Å². The lowest BCUT2D eigenvalue weighted by atomic mass is 9.67. The molecule has 1 saturated heterocycles. The predicted molar refractivity (Wildman–Crippen MR) is 65.2 cm³/mol. The van der Waals surface area contributed by atoms with Gasteiger partial charge < -0.3 is 10.6 Å². The summed E-state index contributed by atoms with van der Waals surface area (Å²) in [4.78, 5) is 12.0. The van der Waals surface area contributed by atoms with Crippen LogP contribution in [0.5, 0.6) is 0 Å². The highest BCUT2D eigenvalue weighted by atomic mass is 16.2. The molecule has 1 amide bonds. The number of amides is 1.